The van der Waals surface area contributed by atoms with Gasteiger partial charge in [0.05, 0.1) is 18.5 Å². The number of likely N-dealkylation sites (tertiary alicyclic amines) is 1. The molecule has 1 saturated heterocycles. The maximum absolute atomic E-state index is 12.0. The first-order chi connectivity index (χ1) is 13.1. The molecule has 2 heterocycles. The Balaban J connectivity index is 1.70. The van der Waals surface area contributed by atoms with Crippen LogP contribution >= 0.6 is 0 Å². The normalized spacial score (nSPS) is 20.1. The number of benzene rings is 1. The SMILES string of the molecule is CCNC(=NCCc1cccc2cccnc12)N1CC(C)C(C(=O)OC)C1. The number of aliphatic imine (C=N–C) groups is 1. The molecule has 1 aliphatic heterocycles. The summed E-state index contributed by atoms with van der Waals surface area (Å²) in [5, 5.41) is 4.51. The summed E-state index contributed by atoms with van der Waals surface area (Å²) in [6.45, 7) is 7.07. The average Bonchev–Trinajstić information content (AvgIpc) is 3.08. The van der Waals surface area contributed by atoms with Gasteiger partial charge in [-0.25, -0.2) is 0 Å². The third-order valence-electron chi connectivity index (χ3n) is 5.11. The molecular formula is C21H28N4O2. The molecule has 1 aliphatic rings. The number of carbonyl (C=O) groups is 1. The van der Waals surface area contributed by atoms with Gasteiger partial charge in [0.15, 0.2) is 5.96 Å². The number of ether oxygens (including phenoxy) is 1. The van der Waals surface area contributed by atoms with Crippen LogP contribution in [0.1, 0.15) is 19.4 Å². The molecule has 2 aromatic rings. The van der Waals surface area contributed by atoms with E-state index < -0.39 is 0 Å². The van der Waals surface area contributed by atoms with Crippen LogP contribution in [0.15, 0.2) is 41.5 Å². The zero-order valence-electron chi connectivity index (χ0n) is 16.3. The quantitative estimate of drug-likeness (QED) is 0.499. The lowest BCUT2D eigenvalue weighted by atomic mass is 9.99. The second kappa shape index (κ2) is 8.84. The zero-order chi connectivity index (χ0) is 19.2. The lowest BCUT2D eigenvalue weighted by Crippen LogP contribution is -2.40. The second-order valence-corrected chi connectivity index (χ2v) is 6.99. The van der Waals surface area contributed by atoms with Gasteiger partial charge in [0.2, 0.25) is 0 Å². The Bertz CT molecular complexity index is 815. The standard InChI is InChI=1S/C21H28N4O2/c1-4-22-21(25-13-15(2)18(14-25)20(26)27-3)24-12-10-17-8-5-7-16-9-6-11-23-19(16)17/h5-9,11,15,18H,4,10,12-14H2,1-3H3,(H,22,24). The Morgan fingerprint density at radius 2 is 2.15 bits per heavy atom. The predicted octanol–water partition coefficient (Wildman–Crippen LogP) is 2.48. The van der Waals surface area contributed by atoms with Gasteiger partial charge in [-0.2, -0.15) is 0 Å². The molecule has 1 aromatic carbocycles. The molecule has 6 nitrogen and oxygen atoms in total. The Morgan fingerprint density at radius 3 is 2.93 bits per heavy atom. The summed E-state index contributed by atoms with van der Waals surface area (Å²) < 4.78 is 4.94. The van der Waals surface area contributed by atoms with Gasteiger partial charge in [0, 0.05) is 37.8 Å². The number of hydrogen-bond acceptors (Lipinski definition) is 4. The van der Waals surface area contributed by atoms with E-state index in [4.69, 9.17) is 9.73 Å². The maximum Gasteiger partial charge on any atom is 0.310 e. The van der Waals surface area contributed by atoms with E-state index in [9.17, 15) is 4.79 Å². The molecule has 2 unspecified atom stereocenters. The summed E-state index contributed by atoms with van der Waals surface area (Å²) in [5.74, 6) is 0.885. The largest absolute Gasteiger partial charge is 0.469 e. The minimum Gasteiger partial charge on any atom is -0.469 e. The minimum atomic E-state index is -0.136. The number of guanidine groups is 1. The molecule has 2 atom stereocenters. The summed E-state index contributed by atoms with van der Waals surface area (Å²) in [6, 6.07) is 10.3. The maximum atomic E-state index is 12.0. The number of pyridine rings is 1. The highest BCUT2D eigenvalue weighted by Crippen LogP contribution is 2.24. The van der Waals surface area contributed by atoms with Crippen molar-refractivity contribution < 1.29 is 9.53 Å². The van der Waals surface area contributed by atoms with Crippen molar-refractivity contribution in [1.29, 1.82) is 0 Å². The van der Waals surface area contributed by atoms with Crippen LogP contribution in [0.3, 0.4) is 0 Å². The molecule has 6 heteroatoms. The molecule has 0 bridgehead atoms. The molecule has 1 N–H and O–H groups in total. The van der Waals surface area contributed by atoms with E-state index in [-0.39, 0.29) is 17.8 Å². The molecular weight excluding hydrogens is 340 g/mol. The predicted molar refractivity (Wildman–Crippen MR) is 108 cm³/mol. The van der Waals surface area contributed by atoms with Gasteiger partial charge >= 0.3 is 5.97 Å². The number of para-hydroxylation sites is 1. The highest BCUT2D eigenvalue weighted by atomic mass is 16.5. The number of nitrogens with zero attached hydrogens (tertiary/aromatic N) is 3. The van der Waals surface area contributed by atoms with Gasteiger partial charge in [-0.1, -0.05) is 31.2 Å². The van der Waals surface area contributed by atoms with Gasteiger partial charge in [0.25, 0.3) is 0 Å². The van der Waals surface area contributed by atoms with Crippen LogP contribution in [-0.4, -0.2) is 55.1 Å². The number of nitrogens with one attached hydrogen (secondary N) is 1. The minimum absolute atomic E-state index is 0.0962. The summed E-state index contributed by atoms with van der Waals surface area (Å²) in [4.78, 5) is 23.4. The van der Waals surface area contributed by atoms with Crippen molar-refractivity contribution in [3.8, 4) is 0 Å². The Morgan fingerprint density at radius 1 is 1.33 bits per heavy atom. The molecule has 0 saturated carbocycles. The first kappa shape index (κ1) is 19.1. The Labute approximate surface area is 160 Å². The van der Waals surface area contributed by atoms with Crippen molar-refractivity contribution in [2.75, 3.05) is 33.3 Å². The van der Waals surface area contributed by atoms with Crippen LogP contribution in [-0.2, 0) is 16.0 Å². The number of rotatable bonds is 5. The van der Waals surface area contributed by atoms with Crippen LogP contribution < -0.4 is 5.32 Å². The Hall–Kier alpha value is -2.63. The topological polar surface area (TPSA) is 66.8 Å². The van der Waals surface area contributed by atoms with E-state index in [0.717, 1.165) is 36.4 Å². The lowest BCUT2D eigenvalue weighted by molar-refractivity contribution is -0.145. The lowest BCUT2D eigenvalue weighted by Gasteiger charge is -2.21. The number of fused-ring (bicyclic) bond motifs is 1. The molecule has 3 rings (SSSR count). The number of aromatic nitrogens is 1. The molecule has 0 aliphatic carbocycles. The molecule has 0 amide bonds. The molecule has 1 fully saturated rings. The summed E-state index contributed by atoms with van der Waals surface area (Å²) in [7, 11) is 1.45. The third kappa shape index (κ3) is 4.38. The van der Waals surface area contributed by atoms with Crippen LogP contribution in [0.5, 0.6) is 0 Å². The van der Waals surface area contributed by atoms with E-state index in [2.05, 4.69) is 53.3 Å². The fraction of sp³-hybridized carbons (Fsp3) is 0.476. The van der Waals surface area contributed by atoms with Gasteiger partial charge in [-0.3, -0.25) is 14.8 Å². The zero-order valence-corrected chi connectivity index (χ0v) is 16.3. The molecule has 1 aromatic heterocycles. The first-order valence-electron chi connectivity index (χ1n) is 9.57. The number of methoxy groups -OCH3 is 1. The van der Waals surface area contributed by atoms with Crippen molar-refractivity contribution in [3.63, 3.8) is 0 Å². The summed E-state index contributed by atoms with van der Waals surface area (Å²) >= 11 is 0. The van der Waals surface area contributed by atoms with E-state index >= 15 is 0 Å². The van der Waals surface area contributed by atoms with E-state index in [0.29, 0.717) is 13.1 Å². The molecule has 27 heavy (non-hydrogen) atoms. The molecule has 144 valence electrons. The third-order valence-corrected chi connectivity index (χ3v) is 5.11. The van der Waals surface area contributed by atoms with Crippen LogP contribution in [0.2, 0.25) is 0 Å². The van der Waals surface area contributed by atoms with E-state index in [1.165, 1.54) is 12.7 Å². The van der Waals surface area contributed by atoms with Crippen LogP contribution in [0.4, 0.5) is 0 Å². The molecule has 0 radical (unpaired) electrons. The summed E-state index contributed by atoms with van der Waals surface area (Å²) in [5.41, 5.74) is 2.25. The Kier molecular flexibility index (Phi) is 6.27. The van der Waals surface area contributed by atoms with Crippen molar-refractivity contribution in [3.05, 3.63) is 42.1 Å². The smallest absolute Gasteiger partial charge is 0.310 e. The number of carbonyl (C=O) groups excluding carboxylic acids is 1. The van der Waals surface area contributed by atoms with E-state index in [1.54, 1.807) is 0 Å². The molecule has 0 spiro atoms. The van der Waals surface area contributed by atoms with Gasteiger partial charge in [-0.15, -0.1) is 0 Å². The van der Waals surface area contributed by atoms with Crippen LogP contribution in [0, 0.1) is 11.8 Å². The van der Waals surface area contributed by atoms with Crippen molar-refractivity contribution in [2.24, 2.45) is 16.8 Å². The highest BCUT2D eigenvalue weighted by Gasteiger charge is 2.36. The number of esters is 1. The second-order valence-electron chi connectivity index (χ2n) is 6.99. The fourth-order valence-electron chi connectivity index (χ4n) is 3.68. The number of hydrogen-bond donors (Lipinski definition) is 1. The van der Waals surface area contributed by atoms with Gasteiger partial charge in [-0.05, 0) is 30.9 Å². The first-order valence-corrected chi connectivity index (χ1v) is 9.57. The highest BCUT2D eigenvalue weighted by molar-refractivity contribution is 5.83. The van der Waals surface area contributed by atoms with Crippen LogP contribution in [0.25, 0.3) is 10.9 Å². The van der Waals surface area contributed by atoms with Gasteiger partial charge in [0.1, 0.15) is 0 Å². The van der Waals surface area contributed by atoms with Crippen molar-refractivity contribution >= 4 is 22.8 Å². The van der Waals surface area contributed by atoms with Gasteiger partial charge < -0.3 is 15.0 Å². The summed E-state index contributed by atoms with van der Waals surface area (Å²) in [6.07, 6.45) is 2.66. The monoisotopic (exact) mass is 368 g/mol. The average molecular weight is 368 g/mol. The van der Waals surface area contributed by atoms with Crippen molar-refractivity contribution in [2.45, 2.75) is 20.3 Å². The van der Waals surface area contributed by atoms with E-state index in [1.807, 2.05) is 12.3 Å². The fourth-order valence-corrected chi connectivity index (χ4v) is 3.68. The van der Waals surface area contributed by atoms with Crippen molar-refractivity contribution in [1.82, 2.24) is 15.2 Å².